The Bertz CT molecular complexity index is 1420. The van der Waals surface area contributed by atoms with Crippen LogP contribution in [0.4, 0.5) is 0 Å². The molecule has 6 radical (unpaired) electrons. The maximum atomic E-state index is 7.31. The lowest BCUT2D eigenvalue weighted by molar-refractivity contribution is 0.154. The van der Waals surface area contributed by atoms with Crippen LogP contribution in [0.5, 0.6) is 5.75 Å². The van der Waals surface area contributed by atoms with Gasteiger partial charge in [0.1, 0.15) is 11.9 Å². The van der Waals surface area contributed by atoms with E-state index >= 15 is 0 Å². The molecule has 0 unspecified atom stereocenters. The first-order valence-corrected chi connectivity index (χ1v) is 16.1. The largest absolute Gasteiger partial charge is 0.496 e. The van der Waals surface area contributed by atoms with Crippen molar-refractivity contribution in [3.05, 3.63) is 151 Å². The van der Waals surface area contributed by atoms with E-state index in [1.165, 1.54) is 10.6 Å². The van der Waals surface area contributed by atoms with Crippen LogP contribution in [0, 0.1) is 0 Å². The third-order valence-electron chi connectivity index (χ3n) is 6.99. The number of hydrogen-bond acceptors (Lipinski definition) is 3. The zero-order valence-electron chi connectivity index (χ0n) is 24.3. The molecule has 3 atom stereocenters. The summed E-state index contributed by atoms with van der Waals surface area (Å²) in [4.78, 5) is 0. The predicted octanol–water partition coefficient (Wildman–Crippen LogP) is 6.41. The van der Waals surface area contributed by atoms with Gasteiger partial charge >= 0.3 is 0 Å². The van der Waals surface area contributed by atoms with E-state index in [2.05, 4.69) is 152 Å². The van der Waals surface area contributed by atoms with Crippen LogP contribution in [0.2, 0.25) is 0 Å². The maximum absolute atomic E-state index is 7.31. The van der Waals surface area contributed by atoms with Crippen molar-refractivity contribution in [2.75, 3.05) is 14.2 Å². The minimum atomic E-state index is -1.17. The van der Waals surface area contributed by atoms with Gasteiger partial charge in [-0.15, -0.1) is 0 Å². The van der Waals surface area contributed by atoms with Gasteiger partial charge in [-0.25, -0.2) is 0 Å². The van der Waals surface area contributed by atoms with E-state index in [4.69, 9.17) is 9.26 Å². The maximum Gasteiger partial charge on any atom is 0.129 e. The third kappa shape index (κ3) is 7.80. The zero-order chi connectivity index (χ0) is 27.7. The molecule has 208 valence electrons. The molecule has 0 aliphatic rings. The van der Waals surface area contributed by atoms with E-state index in [1.54, 1.807) is 7.11 Å². The van der Waals surface area contributed by atoms with Crippen molar-refractivity contribution in [3.63, 3.8) is 0 Å². The molecule has 0 bridgehead atoms. The fourth-order valence-corrected chi connectivity index (χ4v) is 9.32. The Morgan fingerprint density at radius 1 is 0.571 bits per heavy atom. The second-order valence-electron chi connectivity index (χ2n) is 9.54. The normalized spacial score (nSPS) is 13.0. The average Bonchev–Trinajstić information content (AvgIpc) is 3.03. The van der Waals surface area contributed by atoms with Crippen molar-refractivity contribution in [2.45, 2.75) is 19.1 Å². The molecule has 0 N–H and O–H groups in total. The SMILES string of the molecule is COc1ccccc1[P@@](O[C@@H](c1ccccc1)[C@H](C)N(C)P(c1ccccc1)c1ccccc1)c1ccccc1.[B].[B]. The van der Waals surface area contributed by atoms with Crippen molar-refractivity contribution < 1.29 is 9.26 Å². The molecule has 3 nitrogen and oxygen atoms in total. The second-order valence-corrected chi connectivity index (χ2v) is 13.6. The molecular weight excluding hydrogens is 550 g/mol. The Labute approximate surface area is 257 Å². The van der Waals surface area contributed by atoms with Gasteiger partial charge in [-0.1, -0.05) is 133 Å². The number of nitrogens with zero attached hydrogens (tertiary/aromatic N) is 1. The zero-order valence-corrected chi connectivity index (χ0v) is 26.1. The van der Waals surface area contributed by atoms with Crippen LogP contribution in [0.25, 0.3) is 0 Å². The van der Waals surface area contributed by atoms with Gasteiger partial charge in [0, 0.05) is 41.5 Å². The molecule has 0 amide bonds. The lowest BCUT2D eigenvalue weighted by atomic mass is 10.0. The molecule has 0 spiro atoms. The van der Waals surface area contributed by atoms with Crippen molar-refractivity contribution >= 4 is 54.3 Å². The summed E-state index contributed by atoms with van der Waals surface area (Å²) in [6, 6.07) is 51.1. The average molecular weight is 585 g/mol. The van der Waals surface area contributed by atoms with Crippen molar-refractivity contribution in [2.24, 2.45) is 0 Å². The minimum absolute atomic E-state index is 0. The molecule has 0 fully saturated rings. The summed E-state index contributed by atoms with van der Waals surface area (Å²) in [5.41, 5.74) is 1.16. The molecule has 5 aromatic rings. The Morgan fingerprint density at radius 2 is 1.00 bits per heavy atom. The topological polar surface area (TPSA) is 21.7 Å². The van der Waals surface area contributed by atoms with E-state index in [1.807, 2.05) is 12.1 Å². The summed E-state index contributed by atoms with van der Waals surface area (Å²) in [6.45, 7) is 2.29. The summed E-state index contributed by atoms with van der Waals surface area (Å²) < 4.78 is 15.6. The smallest absolute Gasteiger partial charge is 0.129 e. The van der Waals surface area contributed by atoms with Crippen LogP contribution < -0.4 is 26.0 Å². The van der Waals surface area contributed by atoms with E-state index in [0.29, 0.717) is 0 Å². The van der Waals surface area contributed by atoms with Gasteiger partial charge < -0.3 is 9.26 Å². The van der Waals surface area contributed by atoms with Gasteiger partial charge in [0.05, 0.1) is 15.3 Å². The van der Waals surface area contributed by atoms with E-state index in [9.17, 15) is 0 Å². The number of methoxy groups -OCH3 is 1. The highest BCUT2D eigenvalue weighted by Crippen LogP contribution is 2.48. The van der Waals surface area contributed by atoms with Gasteiger partial charge in [0.15, 0.2) is 0 Å². The number of para-hydroxylation sites is 1. The molecule has 0 heterocycles. The highest BCUT2D eigenvalue weighted by molar-refractivity contribution is 7.70. The molecule has 42 heavy (non-hydrogen) atoms. The first kappa shape index (κ1) is 33.3. The van der Waals surface area contributed by atoms with E-state index in [0.717, 1.165) is 21.9 Å². The van der Waals surface area contributed by atoms with Crippen molar-refractivity contribution in [1.82, 2.24) is 4.67 Å². The quantitative estimate of drug-likeness (QED) is 0.132. The third-order valence-corrected chi connectivity index (χ3v) is 11.6. The molecule has 5 rings (SSSR count). The number of likely N-dealkylation sites (N-methyl/N-ethyl adjacent to an activating group) is 1. The highest BCUT2D eigenvalue weighted by Gasteiger charge is 2.33. The number of ether oxygens (including phenoxy) is 1. The molecule has 7 heteroatoms. The summed E-state index contributed by atoms with van der Waals surface area (Å²) in [5.74, 6) is 0.848. The van der Waals surface area contributed by atoms with Crippen LogP contribution in [-0.4, -0.2) is 41.7 Å². The van der Waals surface area contributed by atoms with Crippen molar-refractivity contribution in [3.8, 4) is 5.75 Å². The summed E-state index contributed by atoms with van der Waals surface area (Å²) >= 11 is 0. The summed E-state index contributed by atoms with van der Waals surface area (Å²) in [7, 11) is 2.02. The van der Waals surface area contributed by atoms with Crippen LogP contribution in [0.15, 0.2) is 146 Å². The number of benzene rings is 5. The first-order chi connectivity index (χ1) is 19.7. The lowest BCUT2D eigenvalue weighted by Crippen LogP contribution is -2.37. The highest BCUT2D eigenvalue weighted by atomic mass is 31.1. The second kappa shape index (κ2) is 16.4. The Balaban J connectivity index is 0.00000242. The molecule has 0 saturated heterocycles. The van der Waals surface area contributed by atoms with Gasteiger partial charge in [-0.05, 0) is 42.3 Å². The molecule has 5 aromatic carbocycles. The van der Waals surface area contributed by atoms with Gasteiger partial charge in [0.25, 0.3) is 0 Å². The molecular formula is C35H35B2NO2P2. The molecule has 0 saturated carbocycles. The lowest BCUT2D eigenvalue weighted by Gasteiger charge is -2.39. The summed E-state index contributed by atoms with van der Waals surface area (Å²) in [5, 5.41) is 4.88. The first-order valence-electron chi connectivity index (χ1n) is 13.5. The van der Waals surface area contributed by atoms with Crippen LogP contribution in [-0.2, 0) is 4.52 Å². The minimum Gasteiger partial charge on any atom is -0.496 e. The fraction of sp³-hybridized carbons (Fsp3) is 0.143. The summed E-state index contributed by atoms with van der Waals surface area (Å²) in [6.07, 6.45) is -0.181. The van der Waals surface area contributed by atoms with Crippen LogP contribution in [0.1, 0.15) is 18.6 Å². The van der Waals surface area contributed by atoms with Gasteiger partial charge in [-0.2, -0.15) is 0 Å². The van der Waals surface area contributed by atoms with Crippen LogP contribution in [0.3, 0.4) is 0 Å². The Morgan fingerprint density at radius 3 is 1.50 bits per heavy atom. The molecule has 0 aliphatic carbocycles. The van der Waals surface area contributed by atoms with Crippen molar-refractivity contribution in [1.29, 1.82) is 0 Å². The standard InChI is InChI=1S/C35H35NO2P2.2B/c1-28(36(2)39(30-20-10-5-11-21-30)31-22-12-6-13-23-31)35(29-18-8-4-9-19-29)38-40(32-24-14-7-15-25-32)34-27-17-16-26-33(34)37-3;;/h4-28,35H,1-3H3;;/t28-,35+,40-;;/m0../s1. The number of hydrogen-bond donors (Lipinski definition) is 0. The molecule has 0 aliphatic heterocycles. The predicted molar refractivity (Wildman–Crippen MR) is 184 cm³/mol. The van der Waals surface area contributed by atoms with Crippen LogP contribution >= 0.6 is 16.2 Å². The van der Waals surface area contributed by atoms with E-state index < -0.39 is 16.2 Å². The number of rotatable bonds is 11. The fourth-order valence-electron chi connectivity index (χ4n) is 4.83. The Hall–Kier alpha value is -3.19. The van der Waals surface area contributed by atoms with E-state index in [-0.39, 0.29) is 29.0 Å². The Kier molecular flexibility index (Phi) is 13.0. The molecule has 0 aromatic heterocycles. The van der Waals surface area contributed by atoms with Gasteiger partial charge in [0.2, 0.25) is 0 Å². The van der Waals surface area contributed by atoms with Gasteiger partial charge in [-0.3, -0.25) is 4.67 Å². The monoisotopic (exact) mass is 585 g/mol.